The number of ketones is 1. The first kappa shape index (κ1) is 14.3. The number of nitrogens with zero attached hydrogens (tertiary/aromatic N) is 1. The fourth-order valence-electron chi connectivity index (χ4n) is 2.64. The Morgan fingerprint density at radius 3 is 2.32 bits per heavy atom. The molecule has 1 fully saturated rings. The zero-order valence-corrected chi connectivity index (χ0v) is 12.2. The van der Waals surface area contributed by atoms with Crippen molar-refractivity contribution in [3.8, 4) is 0 Å². The molecule has 1 aliphatic heterocycles. The molecular formula is C17H25NO. The van der Waals surface area contributed by atoms with Crippen LogP contribution in [0.25, 0.3) is 0 Å². The molecule has 0 saturated carbocycles. The van der Waals surface area contributed by atoms with Crippen molar-refractivity contribution in [2.75, 3.05) is 19.6 Å². The summed E-state index contributed by atoms with van der Waals surface area (Å²) in [6.07, 6.45) is 4.58. The van der Waals surface area contributed by atoms with E-state index in [9.17, 15) is 4.79 Å². The molecule has 1 aromatic rings. The number of Topliss-reactive ketones (excluding diaryl/α,β-unsaturated/α-hetero) is 1. The van der Waals surface area contributed by atoms with Gasteiger partial charge in [-0.3, -0.25) is 4.79 Å². The van der Waals surface area contributed by atoms with Crippen molar-refractivity contribution in [2.24, 2.45) is 0 Å². The third-order valence-electron chi connectivity index (χ3n) is 4.00. The highest BCUT2D eigenvalue weighted by Gasteiger charge is 2.12. The maximum absolute atomic E-state index is 12.1. The summed E-state index contributed by atoms with van der Waals surface area (Å²) in [6, 6.07) is 8.12. The minimum Gasteiger partial charge on any atom is -0.303 e. The number of hydrogen-bond donors (Lipinski definition) is 0. The number of rotatable bonds is 5. The SMILES string of the molecule is CC(C)c1ccc(C(=O)CCN2CCCCC2)cc1. The summed E-state index contributed by atoms with van der Waals surface area (Å²) < 4.78 is 0. The zero-order chi connectivity index (χ0) is 13.7. The summed E-state index contributed by atoms with van der Waals surface area (Å²) in [5, 5.41) is 0. The Bertz CT molecular complexity index is 402. The molecule has 1 aromatic carbocycles. The molecular weight excluding hydrogens is 234 g/mol. The van der Waals surface area contributed by atoms with Gasteiger partial charge >= 0.3 is 0 Å². The second-order valence-electron chi connectivity index (χ2n) is 5.85. The first-order chi connectivity index (χ1) is 9.16. The van der Waals surface area contributed by atoms with Gasteiger partial charge in [-0.25, -0.2) is 0 Å². The molecule has 0 unspecified atom stereocenters. The molecule has 0 amide bonds. The number of benzene rings is 1. The number of likely N-dealkylation sites (tertiary alicyclic amines) is 1. The molecule has 1 aliphatic rings. The normalized spacial score (nSPS) is 16.8. The van der Waals surface area contributed by atoms with Crippen molar-refractivity contribution in [3.63, 3.8) is 0 Å². The van der Waals surface area contributed by atoms with Crippen LogP contribution >= 0.6 is 0 Å². The Balaban J connectivity index is 1.85. The molecule has 0 radical (unpaired) electrons. The van der Waals surface area contributed by atoms with E-state index >= 15 is 0 Å². The third kappa shape index (κ3) is 4.17. The van der Waals surface area contributed by atoms with E-state index in [1.165, 1.54) is 37.9 Å². The fraction of sp³-hybridized carbons (Fsp3) is 0.588. The molecule has 1 saturated heterocycles. The Morgan fingerprint density at radius 1 is 1.11 bits per heavy atom. The average Bonchev–Trinajstić information content (AvgIpc) is 2.46. The largest absolute Gasteiger partial charge is 0.303 e. The van der Waals surface area contributed by atoms with Crippen LogP contribution in [0, 0.1) is 0 Å². The second kappa shape index (κ2) is 6.85. The van der Waals surface area contributed by atoms with E-state index in [0.29, 0.717) is 12.3 Å². The highest BCUT2D eigenvalue weighted by molar-refractivity contribution is 5.96. The number of carbonyl (C=O) groups excluding carboxylic acids is 1. The molecule has 104 valence electrons. The lowest BCUT2D eigenvalue weighted by atomic mass is 9.99. The summed E-state index contributed by atoms with van der Waals surface area (Å²) in [5.74, 6) is 0.804. The van der Waals surface area contributed by atoms with Crippen LogP contribution in [0.3, 0.4) is 0 Å². The Hall–Kier alpha value is -1.15. The van der Waals surface area contributed by atoms with Gasteiger partial charge in [-0.2, -0.15) is 0 Å². The van der Waals surface area contributed by atoms with Gasteiger partial charge in [-0.1, -0.05) is 44.5 Å². The standard InChI is InChI=1S/C17H25NO/c1-14(2)15-6-8-16(9-7-15)17(19)10-13-18-11-4-3-5-12-18/h6-9,14H,3-5,10-13H2,1-2H3. The van der Waals surface area contributed by atoms with Crippen LogP contribution in [0.2, 0.25) is 0 Å². The van der Waals surface area contributed by atoms with E-state index < -0.39 is 0 Å². The van der Waals surface area contributed by atoms with Crippen LogP contribution in [-0.2, 0) is 0 Å². The van der Waals surface area contributed by atoms with E-state index in [0.717, 1.165) is 12.1 Å². The second-order valence-corrected chi connectivity index (χ2v) is 5.85. The highest BCUT2D eigenvalue weighted by Crippen LogP contribution is 2.16. The van der Waals surface area contributed by atoms with Gasteiger partial charge in [0, 0.05) is 18.5 Å². The van der Waals surface area contributed by atoms with Crippen LogP contribution in [-0.4, -0.2) is 30.3 Å². The van der Waals surface area contributed by atoms with E-state index in [4.69, 9.17) is 0 Å². The van der Waals surface area contributed by atoms with Crippen LogP contribution in [0.4, 0.5) is 0 Å². The van der Waals surface area contributed by atoms with Crippen molar-refractivity contribution in [2.45, 2.75) is 45.4 Å². The smallest absolute Gasteiger partial charge is 0.164 e. The van der Waals surface area contributed by atoms with Gasteiger partial charge < -0.3 is 4.90 Å². The van der Waals surface area contributed by atoms with Gasteiger partial charge in [0.05, 0.1) is 0 Å². The van der Waals surface area contributed by atoms with Crippen LogP contribution in [0.1, 0.15) is 61.4 Å². The maximum Gasteiger partial charge on any atom is 0.164 e. The molecule has 0 aliphatic carbocycles. The Labute approximate surface area is 116 Å². The average molecular weight is 259 g/mol. The minimum absolute atomic E-state index is 0.279. The summed E-state index contributed by atoms with van der Waals surface area (Å²) in [6.45, 7) is 7.60. The van der Waals surface area contributed by atoms with E-state index in [-0.39, 0.29) is 5.78 Å². The van der Waals surface area contributed by atoms with Crippen molar-refractivity contribution >= 4 is 5.78 Å². The first-order valence-corrected chi connectivity index (χ1v) is 7.52. The predicted molar refractivity (Wildman–Crippen MR) is 79.8 cm³/mol. The van der Waals surface area contributed by atoms with Gasteiger partial charge in [-0.05, 0) is 37.4 Å². The van der Waals surface area contributed by atoms with Gasteiger partial charge in [-0.15, -0.1) is 0 Å². The van der Waals surface area contributed by atoms with Crippen molar-refractivity contribution in [3.05, 3.63) is 35.4 Å². The molecule has 1 heterocycles. The van der Waals surface area contributed by atoms with E-state index in [1.807, 2.05) is 12.1 Å². The summed E-state index contributed by atoms with van der Waals surface area (Å²) in [5.41, 5.74) is 2.16. The fourth-order valence-corrected chi connectivity index (χ4v) is 2.64. The number of carbonyl (C=O) groups is 1. The molecule has 0 bridgehead atoms. The molecule has 0 spiro atoms. The Morgan fingerprint density at radius 2 is 1.74 bits per heavy atom. The predicted octanol–water partition coefficient (Wildman–Crippen LogP) is 3.87. The number of piperidine rings is 1. The van der Waals surface area contributed by atoms with E-state index in [1.54, 1.807) is 0 Å². The minimum atomic E-state index is 0.279. The van der Waals surface area contributed by atoms with Gasteiger partial charge in [0.25, 0.3) is 0 Å². The molecule has 0 N–H and O–H groups in total. The van der Waals surface area contributed by atoms with Crippen molar-refractivity contribution in [1.29, 1.82) is 0 Å². The topological polar surface area (TPSA) is 20.3 Å². The van der Waals surface area contributed by atoms with Gasteiger partial charge in [0.15, 0.2) is 5.78 Å². The molecule has 0 aromatic heterocycles. The summed E-state index contributed by atoms with van der Waals surface area (Å²) in [4.78, 5) is 14.6. The highest BCUT2D eigenvalue weighted by atomic mass is 16.1. The first-order valence-electron chi connectivity index (χ1n) is 7.52. The van der Waals surface area contributed by atoms with E-state index in [2.05, 4.69) is 30.9 Å². The Kier molecular flexibility index (Phi) is 5.15. The number of hydrogen-bond acceptors (Lipinski definition) is 2. The third-order valence-corrected chi connectivity index (χ3v) is 4.00. The molecule has 19 heavy (non-hydrogen) atoms. The lowest BCUT2D eigenvalue weighted by Crippen LogP contribution is -2.31. The molecule has 2 heteroatoms. The lowest BCUT2D eigenvalue weighted by Gasteiger charge is -2.25. The van der Waals surface area contributed by atoms with Gasteiger partial charge in [0.2, 0.25) is 0 Å². The monoisotopic (exact) mass is 259 g/mol. The maximum atomic E-state index is 12.1. The van der Waals surface area contributed by atoms with Crippen molar-refractivity contribution in [1.82, 2.24) is 4.90 Å². The summed E-state index contributed by atoms with van der Waals surface area (Å²) in [7, 11) is 0. The van der Waals surface area contributed by atoms with Crippen LogP contribution in [0.15, 0.2) is 24.3 Å². The lowest BCUT2D eigenvalue weighted by molar-refractivity contribution is 0.0958. The van der Waals surface area contributed by atoms with Crippen LogP contribution < -0.4 is 0 Å². The van der Waals surface area contributed by atoms with Crippen LogP contribution in [0.5, 0.6) is 0 Å². The van der Waals surface area contributed by atoms with Crippen molar-refractivity contribution < 1.29 is 4.79 Å². The molecule has 2 rings (SSSR count). The zero-order valence-electron chi connectivity index (χ0n) is 12.2. The molecule has 0 atom stereocenters. The van der Waals surface area contributed by atoms with Gasteiger partial charge in [0.1, 0.15) is 0 Å². The quantitative estimate of drug-likeness (QED) is 0.748. The summed E-state index contributed by atoms with van der Waals surface area (Å²) >= 11 is 0. The molecule has 2 nitrogen and oxygen atoms in total.